The van der Waals surface area contributed by atoms with Crippen molar-refractivity contribution in [3.63, 3.8) is 0 Å². The monoisotopic (exact) mass is 194 g/mol. The molecule has 3 fully saturated rings. The molecule has 2 bridgehead atoms. The van der Waals surface area contributed by atoms with Crippen molar-refractivity contribution >= 4 is 0 Å². The van der Waals surface area contributed by atoms with E-state index in [1.807, 2.05) is 0 Å². The predicted octanol–water partition coefficient (Wildman–Crippen LogP) is 4.35. The molecule has 0 radical (unpaired) electrons. The van der Waals surface area contributed by atoms with E-state index in [-0.39, 0.29) is 0 Å². The molecular weight excluding hydrogens is 168 g/mol. The lowest BCUT2D eigenvalue weighted by Gasteiger charge is -2.64. The molecule has 0 aliphatic heterocycles. The minimum Gasteiger partial charge on any atom is -0.0619 e. The van der Waals surface area contributed by atoms with Crippen LogP contribution >= 0.6 is 0 Å². The Balaban J connectivity index is 2.16. The van der Waals surface area contributed by atoms with Crippen LogP contribution in [0.2, 0.25) is 0 Å². The van der Waals surface area contributed by atoms with Gasteiger partial charge < -0.3 is 0 Å². The zero-order valence-corrected chi connectivity index (χ0v) is 10.7. The molecule has 2 unspecified atom stereocenters. The smallest absolute Gasteiger partial charge is 0.0295 e. The highest BCUT2D eigenvalue weighted by Gasteiger charge is 2.57. The van der Waals surface area contributed by atoms with E-state index in [0.29, 0.717) is 10.8 Å². The van der Waals surface area contributed by atoms with E-state index in [4.69, 9.17) is 0 Å². The fourth-order valence-electron chi connectivity index (χ4n) is 4.29. The van der Waals surface area contributed by atoms with Crippen LogP contribution in [-0.4, -0.2) is 0 Å². The first-order chi connectivity index (χ1) is 6.24. The Morgan fingerprint density at radius 1 is 1.07 bits per heavy atom. The fourth-order valence-corrected chi connectivity index (χ4v) is 4.29. The Kier molecular flexibility index (Phi) is 2.08. The Morgan fingerprint density at radius 2 is 1.64 bits per heavy atom. The Bertz CT molecular complexity index is 231. The third-order valence-corrected chi connectivity index (χ3v) is 5.47. The van der Waals surface area contributed by atoms with Crippen LogP contribution in [0.15, 0.2) is 0 Å². The van der Waals surface area contributed by atoms with E-state index in [9.17, 15) is 0 Å². The summed E-state index contributed by atoms with van der Waals surface area (Å²) < 4.78 is 0. The molecule has 0 nitrogen and oxygen atoms in total. The number of hydrogen-bond acceptors (Lipinski definition) is 0. The first-order valence-electron chi connectivity index (χ1n) is 6.24. The molecule has 82 valence electrons. The maximum atomic E-state index is 2.50. The molecule has 0 spiro atoms. The Hall–Kier alpha value is 0. The Morgan fingerprint density at radius 3 is 2.00 bits per heavy atom. The van der Waals surface area contributed by atoms with Crippen LogP contribution in [0.1, 0.15) is 54.4 Å². The van der Waals surface area contributed by atoms with E-state index >= 15 is 0 Å². The van der Waals surface area contributed by atoms with Crippen molar-refractivity contribution in [3.8, 4) is 0 Å². The molecular formula is C14H26. The molecule has 3 aliphatic carbocycles. The van der Waals surface area contributed by atoms with Crippen LogP contribution in [-0.2, 0) is 0 Å². The average Bonchev–Trinajstić information content (AvgIpc) is 2.01. The predicted molar refractivity (Wildman–Crippen MR) is 62.1 cm³/mol. The number of hydrogen-bond donors (Lipinski definition) is 0. The van der Waals surface area contributed by atoms with Crippen molar-refractivity contribution in [1.82, 2.24) is 0 Å². The lowest BCUT2D eigenvalue weighted by Crippen LogP contribution is -2.57. The van der Waals surface area contributed by atoms with Gasteiger partial charge >= 0.3 is 0 Å². The second kappa shape index (κ2) is 2.77. The maximum Gasteiger partial charge on any atom is -0.0295 e. The first-order valence-corrected chi connectivity index (χ1v) is 6.24. The summed E-state index contributed by atoms with van der Waals surface area (Å²) in [4.78, 5) is 0. The van der Waals surface area contributed by atoms with Crippen molar-refractivity contribution in [2.24, 2.45) is 34.5 Å². The van der Waals surface area contributed by atoms with Crippen molar-refractivity contribution < 1.29 is 0 Å². The van der Waals surface area contributed by atoms with Gasteiger partial charge in [-0.1, -0.05) is 41.5 Å². The fraction of sp³-hybridized carbons (Fsp3) is 1.00. The molecule has 0 aromatic heterocycles. The van der Waals surface area contributed by atoms with Gasteiger partial charge in [-0.2, -0.15) is 0 Å². The summed E-state index contributed by atoms with van der Waals surface area (Å²) in [7, 11) is 0. The van der Waals surface area contributed by atoms with Crippen LogP contribution in [0.25, 0.3) is 0 Å². The molecule has 0 N–H and O–H groups in total. The lowest BCUT2D eigenvalue weighted by molar-refractivity contribution is -0.150. The van der Waals surface area contributed by atoms with Gasteiger partial charge in [-0.25, -0.2) is 0 Å². The average molecular weight is 194 g/mol. The van der Waals surface area contributed by atoms with Crippen LogP contribution < -0.4 is 0 Å². The molecule has 3 rings (SSSR count). The summed E-state index contributed by atoms with van der Waals surface area (Å²) >= 11 is 0. The largest absolute Gasteiger partial charge is 0.0619 e. The Labute approximate surface area is 89.5 Å². The van der Waals surface area contributed by atoms with Crippen LogP contribution in [0.3, 0.4) is 0 Å². The zero-order chi connectivity index (χ0) is 10.7. The summed E-state index contributed by atoms with van der Waals surface area (Å²) in [5, 5.41) is 0. The number of rotatable bonds is 0. The van der Waals surface area contributed by atoms with Crippen molar-refractivity contribution in [2.45, 2.75) is 54.4 Å². The molecule has 4 atom stereocenters. The molecule has 14 heavy (non-hydrogen) atoms. The normalized spacial score (nSPS) is 45.9. The van der Waals surface area contributed by atoms with Crippen LogP contribution in [0.4, 0.5) is 0 Å². The van der Waals surface area contributed by atoms with Gasteiger partial charge in [0.1, 0.15) is 0 Å². The molecule has 0 aromatic carbocycles. The third-order valence-electron chi connectivity index (χ3n) is 5.47. The van der Waals surface area contributed by atoms with Gasteiger partial charge in [-0.15, -0.1) is 0 Å². The maximum absolute atomic E-state index is 2.50. The summed E-state index contributed by atoms with van der Waals surface area (Å²) in [6.07, 6.45) is 2.99. The molecule has 0 amide bonds. The second-order valence-electron chi connectivity index (χ2n) is 7.43. The standard InChI is InChI=1S/C14H26/c1-9-11(13(2,3)4)7-10-8-12(9)14(10,5)6/h9-12H,7-8H2,1-6H3/t9-,10+,11?,12?/m0/s1. The number of fused-ring (bicyclic) bond motifs is 2. The van der Waals surface area contributed by atoms with E-state index in [1.165, 1.54) is 12.8 Å². The van der Waals surface area contributed by atoms with E-state index < -0.39 is 0 Å². The highest BCUT2D eigenvalue weighted by Crippen LogP contribution is 2.65. The molecule has 3 aliphatic rings. The van der Waals surface area contributed by atoms with Crippen LogP contribution in [0, 0.1) is 34.5 Å². The zero-order valence-electron chi connectivity index (χ0n) is 10.7. The van der Waals surface area contributed by atoms with Gasteiger partial charge in [0.05, 0.1) is 0 Å². The molecule has 0 aromatic rings. The van der Waals surface area contributed by atoms with Gasteiger partial charge in [-0.05, 0) is 47.3 Å². The SMILES string of the molecule is C[C@H]1C(C(C)(C)C)C[C@@H]2CC1C2(C)C. The summed E-state index contributed by atoms with van der Waals surface area (Å²) in [6, 6.07) is 0. The van der Waals surface area contributed by atoms with Gasteiger partial charge in [0.25, 0.3) is 0 Å². The molecule has 0 heteroatoms. The van der Waals surface area contributed by atoms with Crippen LogP contribution in [0.5, 0.6) is 0 Å². The highest BCUT2D eigenvalue weighted by molar-refractivity contribution is 5.06. The van der Waals surface area contributed by atoms with Gasteiger partial charge in [-0.3, -0.25) is 0 Å². The third kappa shape index (κ3) is 1.26. The summed E-state index contributed by atoms with van der Waals surface area (Å²) in [5.74, 6) is 3.92. The van der Waals surface area contributed by atoms with Crippen molar-refractivity contribution in [3.05, 3.63) is 0 Å². The second-order valence-corrected chi connectivity index (χ2v) is 7.43. The lowest BCUT2D eigenvalue weighted by atomic mass is 9.41. The minimum atomic E-state index is 0.521. The van der Waals surface area contributed by atoms with Crippen molar-refractivity contribution in [2.75, 3.05) is 0 Å². The molecule has 0 heterocycles. The minimum absolute atomic E-state index is 0.521. The highest BCUT2D eigenvalue weighted by atomic mass is 14.6. The first kappa shape index (κ1) is 10.5. The molecule has 0 saturated heterocycles. The van der Waals surface area contributed by atoms with Gasteiger partial charge in [0.2, 0.25) is 0 Å². The summed E-state index contributed by atoms with van der Waals surface area (Å²) in [6.45, 7) is 14.7. The molecule has 3 saturated carbocycles. The van der Waals surface area contributed by atoms with Gasteiger partial charge in [0, 0.05) is 0 Å². The van der Waals surface area contributed by atoms with Crippen molar-refractivity contribution in [1.29, 1.82) is 0 Å². The van der Waals surface area contributed by atoms with E-state index in [1.54, 1.807) is 0 Å². The van der Waals surface area contributed by atoms with Gasteiger partial charge in [0.15, 0.2) is 0 Å². The summed E-state index contributed by atoms with van der Waals surface area (Å²) in [5.41, 5.74) is 1.17. The quantitative estimate of drug-likeness (QED) is 0.538. The van der Waals surface area contributed by atoms with E-state index in [0.717, 1.165) is 23.7 Å². The van der Waals surface area contributed by atoms with E-state index in [2.05, 4.69) is 41.5 Å². The topological polar surface area (TPSA) is 0 Å².